The normalized spacial score (nSPS) is 16.6. The van der Waals surface area contributed by atoms with Crippen LogP contribution in [0.3, 0.4) is 0 Å². The highest BCUT2D eigenvalue weighted by molar-refractivity contribution is 8.00. The number of benzene rings is 2. The maximum absolute atomic E-state index is 13.0. The highest BCUT2D eigenvalue weighted by Crippen LogP contribution is 2.27. The fraction of sp³-hybridized carbons (Fsp3) is 0.259. The summed E-state index contributed by atoms with van der Waals surface area (Å²) < 4.78 is 3.38. The lowest BCUT2D eigenvalue weighted by atomic mass is 10.1. The van der Waals surface area contributed by atoms with Crippen molar-refractivity contribution in [2.75, 3.05) is 37.4 Å². The minimum atomic E-state index is 0.115. The van der Waals surface area contributed by atoms with Crippen LogP contribution < -0.4 is 4.72 Å². The number of para-hydroxylation sites is 1. The Labute approximate surface area is 199 Å². The maximum atomic E-state index is 13.0. The summed E-state index contributed by atoms with van der Waals surface area (Å²) in [5.74, 6) is 0.115. The first kappa shape index (κ1) is 21.7. The summed E-state index contributed by atoms with van der Waals surface area (Å²) in [6.45, 7) is 4.39. The van der Waals surface area contributed by atoms with Crippen molar-refractivity contribution in [1.29, 1.82) is 0 Å². The topological polar surface area (TPSA) is 48.5 Å². The summed E-state index contributed by atoms with van der Waals surface area (Å²) in [6.07, 6.45) is 10.9. The van der Waals surface area contributed by atoms with Crippen molar-refractivity contribution in [2.24, 2.45) is 0 Å². The minimum absolute atomic E-state index is 0.115. The van der Waals surface area contributed by atoms with Gasteiger partial charge < -0.3 is 9.62 Å². The van der Waals surface area contributed by atoms with Gasteiger partial charge in [-0.1, -0.05) is 36.4 Å². The molecule has 1 aromatic heterocycles. The Bertz CT molecular complexity index is 1170. The molecule has 0 saturated carbocycles. The van der Waals surface area contributed by atoms with E-state index in [-0.39, 0.29) is 5.91 Å². The molecule has 5 rings (SSSR count). The first-order valence-electron chi connectivity index (χ1n) is 11.5. The van der Waals surface area contributed by atoms with E-state index >= 15 is 0 Å². The highest BCUT2D eigenvalue weighted by atomic mass is 32.2. The Morgan fingerprint density at radius 3 is 2.58 bits per heavy atom. The zero-order chi connectivity index (χ0) is 22.5. The van der Waals surface area contributed by atoms with E-state index in [9.17, 15) is 4.79 Å². The molecule has 0 radical (unpaired) electrons. The Kier molecular flexibility index (Phi) is 6.74. The van der Waals surface area contributed by atoms with Crippen LogP contribution in [0.25, 0.3) is 10.9 Å². The molecule has 0 atom stereocenters. The number of amides is 1. The number of hydrogen-bond acceptors (Lipinski definition) is 5. The third kappa shape index (κ3) is 5.29. The first-order valence-corrected chi connectivity index (χ1v) is 12.3. The van der Waals surface area contributed by atoms with Crippen LogP contribution >= 0.6 is 11.9 Å². The van der Waals surface area contributed by atoms with Crippen LogP contribution in [0.5, 0.6) is 0 Å². The van der Waals surface area contributed by atoms with Gasteiger partial charge in [-0.3, -0.25) is 14.7 Å². The van der Waals surface area contributed by atoms with Gasteiger partial charge in [-0.05, 0) is 66.8 Å². The van der Waals surface area contributed by atoms with E-state index in [1.807, 2.05) is 47.5 Å². The molecule has 1 N–H and O–H groups in total. The highest BCUT2D eigenvalue weighted by Gasteiger charge is 2.22. The molecular formula is C27H28N4OS. The fourth-order valence-electron chi connectivity index (χ4n) is 4.29. The smallest absolute Gasteiger partial charge is 0.253 e. The zero-order valence-corrected chi connectivity index (χ0v) is 19.4. The average molecular weight is 457 g/mol. The van der Waals surface area contributed by atoms with Gasteiger partial charge in [-0.25, -0.2) is 0 Å². The van der Waals surface area contributed by atoms with Gasteiger partial charge in [0.15, 0.2) is 0 Å². The van der Waals surface area contributed by atoms with E-state index in [1.54, 1.807) is 0 Å². The third-order valence-corrected chi connectivity index (χ3v) is 7.03. The second-order valence-electron chi connectivity index (χ2n) is 8.44. The number of allylic oxidation sites excluding steroid dienone is 2. The summed E-state index contributed by atoms with van der Waals surface area (Å²) in [6, 6.07) is 17.9. The molecule has 1 aliphatic carbocycles. The van der Waals surface area contributed by atoms with E-state index in [1.165, 1.54) is 17.5 Å². The zero-order valence-electron chi connectivity index (χ0n) is 18.6. The summed E-state index contributed by atoms with van der Waals surface area (Å²) >= 11 is 1.54. The van der Waals surface area contributed by atoms with Gasteiger partial charge in [0.05, 0.1) is 10.4 Å². The summed E-state index contributed by atoms with van der Waals surface area (Å²) in [4.78, 5) is 23.0. The van der Waals surface area contributed by atoms with Crippen LogP contribution in [0.2, 0.25) is 0 Å². The van der Waals surface area contributed by atoms with Crippen LogP contribution in [0.15, 0.2) is 89.5 Å². The Balaban J connectivity index is 1.15. The molecule has 0 unspecified atom stereocenters. The Morgan fingerprint density at radius 1 is 0.970 bits per heavy atom. The van der Waals surface area contributed by atoms with E-state index in [0.29, 0.717) is 0 Å². The molecular weight excluding hydrogens is 428 g/mol. The standard InChI is InChI=1S/C27H28N4OS/c32-27(31-18-16-30(17-19-31)20-21-6-2-1-3-7-21)23-11-13-24(14-12-23)29-33-25-10-4-8-22-9-5-15-28-26(22)25/h2,4-15,29H,1,3,16-20H2. The number of aromatic nitrogens is 1. The molecule has 2 aromatic carbocycles. The van der Waals surface area contributed by atoms with Gasteiger partial charge in [0, 0.05) is 55.6 Å². The molecule has 33 heavy (non-hydrogen) atoms. The quantitative estimate of drug-likeness (QED) is 0.504. The number of pyridine rings is 1. The maximum Gasteiger partial charge on any atom is 0.253 e. The Morgan fingerprint density at radius 2 is 1.79 bits per heavy atom. The molecule has 2 heterocycles. The Hall–Kier alpha value is -3.09. The van der Waals surface area contributed by atoms with Gasteiger partial charge in [0.2, 0.25) is 0 Å². The lowest BCUT2D eigenvalue weighted by molar-refractivity contribution is 0.0648. The van der Waals surface area contributed by atoms with Crippen LogP contribution in [0.4, 0.5) is 5.69 Å². The summed E-state index contributed by atoms with van der Waals surface area (Å²) in [5.41, 5.74) is 4.09. The lowest BCUT2D eigenvalue weighted by Gasteiger charge is -2.35. The third-order valence-electron chi connectivity index (χ3n) is 6.14. The molecule has 0 spiro atoms. The SMILES string of the molecule is O=C(c1ccc(NSc2cccc3cccnc23)cc1)N1CCN(CC2=CCCC=C2)CC1. The van der Waals surface area contributed by atoms with Gasteiger partial charge in [0.25, 0.3) is 5.91 Å². The monoisotopic (exact) mass is 456 g/mol. The minimum Gasteiger partial charge on any atom is -0.336 e. The molecule has 1 saturated heterocycles. The average Bonchev–Trinajstić information content (AvgIpc) is 2.88. The molecule has 2 aliphatic rings. The predicted molar refractivity (Wildman–Crippen MR) is 136 cm³/mol. The van der Waals surface area contributed by atoms with Gasteiger partial charge >= 0.3 is 0 Å². The van der Waals surface area contributed by atoms with E-state index in [0.717, 1.165) is 72.6 Å². The van der Waals surface area contributed by atoms with Crippen molar-refractivity contribution in [1.82, 2.24) is 14.8 Å². The van der Waals surface area contributed by atoms with Crippen LogP contribution in [0.1, 0.15) is 23.2 Å². The number of hydrogen-bond donors (Lipinski definition) is 1. The largest absolute Gasteiger partial charge is 0.336 e. The molecule has 5 nitrogen and oxygen atoms in total. The fourth-order valence-corrected chi connectivity index (χ4v) is 5.07. The van der Waals surface area contributed by atoms with E-state index < -0.39 is 0 Å². The summed E-state index contributed by atoms with van der Waals surface area (Å²) in [7, 11) is 0. The number of piperazine rings is 1. The number of rotatable bonds is 6. The molecule has 168 valence electrons. The molecule has 1 fully saturated rings. The van der Waals surface area contributed by atoms with Crippen LogP contribution in [-0.4, -0.2) is 53.4 Å². The van der Waals surface area contributed by atoms with Gasteiger partial charge in [-0.2, -0.15) is 0 Å². The van der Waals surface area contributed by atoms with E-state index in [2.05, 4.69) is 51.0 Å². The van der Waals surface area contributed by atoms with Gasteiger partial charge in [-0.15, -0.1) is 0 Å². The second kappa shape index (κ2) is 10.2. The number of nitrogens with one attached hydrogen (secondary N) is 1. The van der Waals surface area contributed by atoms with Crippen LogP contribution in [0, 0.1) is 0 Å². The predicted octanol–water partition coefficient (Wildman–Crippen LogP) is 5.39. The van der Waals surface area contributed by atoms with Crippen molar-refractivity contribution in [3.63, 3.8) is 0 Å². The molecule has 3 aromatic rings. The number of nitrogens with zero attached hydrogens (tertiary/aromatic N) is 3. The van der Waals surface area contributed by atoms with Crippen molar-refractivity contribution in [3.05, 3.63) is 90.2 Å². The molecule has 1 aliphatic heterocycles. The molecule has 1 amide bonds. The number of fused-ring (bicyclic) bond motifs is 1. The number of anilines is 1. The number of carbonyl (C=O) groups excluding carboxylic acids is 1. The van der Waals surface area contributed by atoms with E-state index in [4.69, 9.17) is 0 Å². The van der Waals surface area contributed by atoms with Crippen molar-refractivity contribution >= 4 is 34.4 Å². The first-order chi connectivity index (χ1) is 16.3. The van der Waals surface area contributed by atoms with Crippen molar-refractivity contribution in [3.8, 4) is 0 Å². The number of carbonyl (C=O) groups is 1. The molecule has 6 heteroatoms. The van der Waals surface area contributed by atoms with Crippen molar-refractivity contribution in [2.45, 2.75) is 17.7 Å². The molecule has 0 bridgehead atoms. The lowest BCUT2D eigenvalue weighted by Crippen LogP contribution is -2.49. The second-order valence-corrected chi connectivity index (χ2v) is 9.29. The summed E-state index contributed by atoms with van der Waals surface area (Å²) in [5, 5.41) is 1.12. The van der Waals surface area contributed by atoms with Gasteiger partial charge in [0.1, 0.15) is 0 Å². The van der Waals surface area contributed by atoms with Crippen molar-refractivity contribution < 1.29 is 4.79 Å². The van der Waals surface area contributed by atoms with Crippen LogP contribution in [-0.2, 0) is 0 Å².